The molecule has 0 aliphatic heterocycles. The first kappa shape index (κ1) is 12.1. The number of hydrogen-bond acceptors (Lipinski definition) is 3. The molecule has 0 bridgehead atoms. The van der Waals surface area contributed by atoms with Gasteiger partial charge in [-0.05, 0) is 25.3 Å². The molecule has 84 valence electrons. The van der Waals surface area contributed by atoms with E-state index >= 15 is 0 Å². The van der Waals surface area contributed by atoms with Crippen LogP contribution in [0.1, 0.15) is 50.3 Å². The standard InChI is InChI=1S/C12H21N3/c1-5-10(13)7-12-14-9(4)6-11(15-12)8(2)3/h6,8,10H,5,7,13H2,1-4H3. The van der Waals surface area contributed by atoms with Gasteiger partial charge in [0.25, 0.3) is 0 Å². The summed E-state index contributed by atoms with van der Waals surface area (Å²) in [6, 6.07) is 2.22. The average Bonchev–Trinajstić information content (AvgIpc) is 2.16. The van der Waals surface area contributed by atoms with Gasteiger partial charge in [0, 0.05) is 23.9 Å². The van der Waals surface area contributed by atoms with Gasteiger partial charge in [0.1, 0.15) is 5.82 Å². The molecule has 1 aromatic heterocycles. The maximum atomic E-state index is 5.90. The molecule has 1 unspecified atom stereocenters. The lowest BCUT2D eigenvalue weighted by atomic mass is 10.1. The molecule has 2 N–H and O–H groups in total. The molecule has 0 radical (unpaired) electrons. The zero-order chi connectivity index (χ0) is 11.4. The SMILES string of the molecule is CCC(N)Cc1nc(C)cc(C(C)C)n1. The lowest BCUT2D eigenvalue weighted by Gasteiger charge is -2.11. The van der Waals surface area contributed by atoms with E-state index < -0.39 is 0 Å². The summed E-state index contributed by atoms with van der Waals surface area (Å²) in [5.41, 5.74) is 8.05. The van der Waals surface area contributed by atoms with Crippen LogP contribution in [-0.2, 0) is 6.42 Å². The molecular weight excluding hydrogens is 186 g/mol. The summed E-state index contributed by atoms with van der Waals surface area (Å²) in [5.74, 6) is 1.33. The van der Waals surface area contributed by atoms with Crippen molar-refractivity contribution >= 4 is 0 Å². The Hall–Kier alpha value is -0.960. The van der Waals surface area contributed by atoms with Gasteiger partial charge in [-0.2, -0.15) is 0 Å². The highest BCUT2D eigenvalue weighted by Gasteiger charge is 2.08. The van der Waals surface area contributed by atoms with Crippen LogP contribution in [-0.4, -0.2) is 16.0 Å². The lowest BCUT2D eigenvalue weighted by Crippen LogP contribution is -2.23. The van der Waals surface area contributed by atoms with Crippen LogP contribution in [0.25, 0.3) is 0 Å². The first-order chi connectivity index (χ1) is 7.02. The molecule has 1 heterocycles. The van der Waals surface area contributed by atoms with Crippen molar-refractivity contribution in [1.29, 1.82) is 0 Å². The molecule has 3 heteroatoms. The second kappa shape index (κ2) is 5.21. The van der Waals surface area contributed by atoms with E-state index in [1.54, 1.807) is 0 Å². The summed E-state index contributed by atoms with van der Waals surface area (Å²) in [5, 5.41) is 0. The molecule has 1 aromatic rings. The van der Waals surface area contributed by atoms with Gasteiger partial charge in [0.05, 0.1) is 0 Å². The summed E-state index contributed by atoms with van der Waals surface area (Å²) in [6.45, 7) is 8.38. The van der Waals surface area contributed by atoms with E-state index in [0.717, 1.165) is 30.1 Å². The third kappa shape index (κ3) is 3.59. The van der Waals surface area contributed by atoms with Crippen LogP contribution >= 0.6 is 0 Å². The average molecular weight is 207 g/mol. The Labute approximate surface area is 92.1 Å². The van der Waals surface area contributed by atoms with Crippen LogP contribution in [0, 0.1) is 6.92 Å². The molecule has 0 aliphatic rings. The van der Waals surface area contributed by atoms with Gasteiger partial charge in [-0.3, -0.25) is 0 Å². The Bertz CT molecular complexity index is 321. The molecule has 1 atom stereocenters. The van der Waals surface area contributed by atoms with Crippen molar-refractivity contribution in [2.75, 3.05) is 0 Å². The highest BCUT2D eigenvalue weighted by atomic mass is 14.9. The Kier molecular flexibility index (Phi) is 4.21. The molecule has 0 aliphatic carbocycles. The van der Waals surface area contributed by atoms with Gasteiger partial charge in [-0.1, -0.05) is 20.8 Å². The molecule has 1 rings (SSSR count). The second-order valence-electron chi connectivity index (χ2n) is 4.38. The molecule has 0 aromatic carbocycles. The lowest BCUT2D eigenvalue weighted by molar-refractivity contribution is 0.617. The Balaban J connectivity index is 2.88. The van der Waals surface area contributed by atoms with Crippen LogP contribution < -0.4 is 5.73 Å². The normalized spacial score (nSPS) is 13.2. The molecule has 3 nitrogen and oxygen atoms in total. The van der Waals surface area contributed by atoms with Crippen molar-refractivity contribution in [2.24, 2.45) is 5.73 Å². The van der Waals surface area contributed by atoms with Gasteiger partial charge in [0.2, 0.25) is 0 Å². The maximum absolute atomic E-state index is 5.90. The van der Waals surface area contributed by atoms with E-state index in [0.29, 0.717) is 5.92 Å². The highest BCUT2D eigenvalue weighted by molar-refractivity contribution is 5.13. The zero-order valence-corrected chi connectivity index (χ0v) is 10.1. The molecule has 0 saturated heterocycles. The zero-order valence-electron chi connectivity index (χ0n) is 10.1. The van der Waals surface area contributed by atoms with Crippen molar-refractivity contribution < 1.29 is 0 Å². The van der Waals surface area contributed by atoms with Crippen LogP contribution in [0.5, 0.6) is 0 Å². The highest BCUT2D eigenvalue weighted by Crippen LogP contribution is 2.13. The smallest absolute Gasteiger partial charge is 0.130 e. The molecular formula is C12H21N3. The fourth-order valence-electron chi connectivity index (χ4n) is 1.42. The molecule has 15 heavy (non-hydrogen) atoms. The molecule has 0 fully saturated rings. The van der Waals surface area contributed by atoms with E-state index in [4.69, 9.17) is 5.73 Å². The third-order valence-electron chi connectivity index (χ3n) is 2.48. The van der Waals surface area contributed by atoms with Gasteiger partial charge in [-0.25, -0.2) is 9.97 Å². The van der Waals surface area contributed by atoms with Crippen molar-refractivity contribution in [3.05, 3.63) is 23.3 Å². The monoisotopic (exact) mass is 207 g/mol. The number of aromatic nitrogens is 2. The summed E-state index contributed by atoms with van der Waals surface area (Å²) in [4.78, 5) is 8.94. The first-order valence-corrected chi connectivity index (χ1v) is 5.63. The Morgan fingerprint density at radius 2 is 2.00 bits per heavy atom. The van der Waals surface area contributed by atoms with Crippen molar-refractivity contribution in [2.45, 2.75) is 52.5 Å². The van der Waals surface area contributed by atoms with Crippen LogP contribution in [0.3, 0.4) is 0 Å². The van der Waals surface area contributed by atoms with Crippen molar-refractivity contribution in [1.82, 2.24) is 9.97 Å². The summed E-state index contributed by atoms with van der Waals surface area (Å²) >= 11 is 0. The summed E-state index contributed by atoms with van der Waals surface area (Å²) in [6.07, 6.45) is 1.74. The minimum atomic E-state index is 0.173. The molecule has 0 saturated carbocycles. The van der Waals surface area contributed by atoms with Crippen LogP contribution in [0.4, 0.5) is 0 Å². The minimum absolute atomic E-state index is 0.173. The topological polar surface area (TPSA) is 51.8 Å². The van der Waals surface area contributed by atoms with Crippen molar-refractivity contribution in [3.8, 4) is 0 Å². The van der Waals surface area contributed by atoms with E-state index in [2.05, 4.69) is 30.7 Å². The van der Waals surface area contributed by atoms with Gasteiger partial charge >= 0.3 is 0 Å². The largest absolute Gasteiger partial charge is 0.327 e. The van der Waals surface area contributed by atoms with Gasteiger partial charge in [0.15, 0.2) is 0 Å². The number of aryl methyl sites for hydroxylation is 1. The fraction of sp³-hybridized carbons (Fsp3) is 0.667. The van der Waals surface area contributed by atoms with E-state index in [1.807, 2.05) is 13.0 Å². The van der Waals surface area contributed by atoms with Crippen LogP contribution in [0.2, 0.25) is 0 Å². The number of nitrogens with two attached hydrogens (primary N) is 1. The van der Waals surface area contributed by atoms with Gasteiger partial charge in [-0.15, -0.1) is 0 Å². The van der Waals surface area contributed by atoms with Crippen LogP contribution in [0.15, 0.2) is 6.07 Å². The summed E-state index contributed by atoms with van der Waals surface area (Å²) in [7, 11) is 0. The first-order valence-electron chi connectivity index (χ1n) is 5.63. The van der Waals surface area contributed by atoms with E-state index in [-0.39, 0.29) is 6.04 Å². The maximum Gasteiger partial charge on any atom is 0.130 e. The van der Waals surface area contributed by atoms with Crippen molar-refractivity contribution in [3.63, 3.8) is 0 Å². The Morgan fingerprint density at radius 1 is 1.33 bits per heavy atom. The number of hydrogen-bond donors (Lipinski definition) is 1. The van der Waals surface area contributed by atoms with E-state index in [1.165, 1.54) is 0 Å². The molecule has 0 spiro atoms. The molecule has 0 amide bonds. The number of nitrogens with zero attached hydrogens (tertiary/aromatic N) is 2. The predicted octanol–water partition coefficient (Wildman–Crippen LogP) is 2.19. The fourth-order valence-corrected chi connectivity index (χ4v) is 1.42. The summed E-state index contributed by atoms with van der Waals surface area (Å²) < 4.78 is 0. The second-order valence-corrected chi connectivity index (χ2v) is 4.38. The third-order valence-corrected chi connectivity index (χ3v) is 2.48. The van der Waals surface area contributed by atoms with E-state index in [9.17, 15) is 0 Å². The quantitative estimate of drug-likeness (QED) is 0.823. The predicted molar refractivity (Wildman–Crippen MR) is 62.8 cm³/mol. The Morgan fingerprint density at radius 3 is 2.53 bits per heavy atom. The minimum Gasteiger partial charge on any atom is -0.327 e. The number of rotatable bonds is 4. The van der Waals surface area contributed by atoms with Gasteiger partial charge < -0.3 is 5.73 Å².